The lowest BCUT2D eigenvalue weighted by Gasteiger charge is -2.20. The van der Waals surface area contributed by atoms with E-state index in [9.17, 15) is 0 Å². The Labute approximate surface area is 62.5 Å². The Morgan fingerprint density at radius 3 is 1.80 bits per heavy atom. The van der Waals surface area contributed by atoms with Crippen LogP contribution in [0.25, 0.3) is 0 Å². The zero-order chi connectivity index (χ0) is 8.04. The average molecular weight is 166 g/mol. The molecule has 0 saturated heterocycles. The van der Waals surface area contributed by atoms with Crippen molar-refractivity contribution >= 4 is 13.9 Å². The fourth-order valence-corrected chi connectivity index (χ4v) is 1.61. The van der Waals surface area contributed by atoms with E-state index >= 15 is 0 Å². The third kappa shape index (κ3) is 3.37. The molecule has 0 atom stereocenters. The summed E-state index contributed by atoms with van der Waals surface area (Å²) in [6, 6.07) is 0. The van der Waals surface area contributed by atoms with Gasteiger partial charge in [0.05, 0.1) is 13.2 Å². The van der Waals surface area contributed by atoms with E-state index in [1.165, 1.54) is 0 Å². The van der Waals surface area contributed by atoms with Crippen LogP contribution in [0.15, 0.2) is 0 Å². The first-order chi connectivity index (χ1) is 4.68. The largest absolute Gasteiger partial charge is 0.321 e. The second kappa shape index (κ2) is 4.91. The first-order valence-electron chi connectivity index (χ1n) is 3.26. The van der Waals surface area contributed by atoms with Gasteiger partial charge < -0.3 is 13.6 Å². The normalized spacial score (nSPS) is 11.9. The Balaban J connectivity index is 3.83. The number of hydrogen-bond acceptors (Lipinski definition) is 3. The second-order valence-electron chi connectivity index (χ2n) is 1.63. The first kappa shape index (κ1) is 10.2. The van der Waals surface area contributed by atoms with Gasteiger partial charge in [0.2, 0.25) is 7.57 Å². The summed E-state index contributed by atoms with van der Waals surface area (Å²) in [4.78, 5) is 0. The number of hydrogen-bond donors (Lipinski definition) is 0. The first-order valence-corrected chi connectivity index (χ1v) is 4.99. The van der Waals surface area contributed by atoms with E-state index in [0.717, 1.165) is 0 Å². The molecule has 0 aliphatic heterocycles. The maximum atomic E-state index is 5.17. The molecule has 0 aliphatic rings. The summed E-state index contributed by atoms with van der Waals surface area (Å²) in [7, 11) is -0.653. The Kier molecular flexibility index (Phi) is 5.00. The van der Waals surface area contributed by atoms with Gasteiger partial charge in [-0.15, -0.1) is 0 Å². The minimum Gasteiger partial charge on any atom is -0.321 e. The highest BCUT2D eigenvalue weighted by molar-refractivity contribution is 7.59. The molecule has 0 aromatic carbocycles. The van der Waals surface area contributed by atoms with Gasteiger partial charge in [-0.1, -0.05) is 0 Å². The van der Waals surface area contributed by atoms with Gasteiger partial charge in [-0.25, -0.2) is 0 Å². The molecule has 0 spiro atoms. The van der Waals surface area contributed by atoms with Crippen molar-refractivity contribution in [3.63, 3.8) is 0 Å². The molecule has 0 unspecified atom stereocenters. The summed E-state index contributed by atoms with van der Waals surface area (Å²) >= 11 is 0. The van der Waals surface area contributed by atoms with Gasteiger partial charge in [0.15, 0.2) is 0 Å². The molecule has 0 N–H and O–H groups in total. The predicted octanol–water partition coefficient (Wildman–Crippen LogP) is 1.90. The van der Waals surface area contributed by atoms with Crippen molar-refractivity contribution in [2.24, 2.45) is 0 Å². The van der Waals surface area contributed by atoms with Crippen LogP contribution in [-0.4, -0.2) is 26.6 Å². The molecule has 3 nitrogen and oxygen atoms in total. The van der Waals surface area contributed by atoms with Crippen LogP contribution in [-0.2, 0) is 13.6 Å². The lowest BCUT2D eigenvalue weighted by atomic mass is 10.9. The monoisotopic (exact) mass is 166 g/mol. The van der Waals surface area contributed by atoms with Crippen LogP contribution in [0.5, 0.6) is 0 Å². The molecule has 10 heavy (non-hydrogen) atoms. The molecule has 4 heteroatoms. The third-order valence-corrected chi connectivity index (χ3v) is 2.79. The van der Waals surface area contributed by atoms with E-state index in [2.05, 4.69) is 6.30 Å². The van der Waals surface area contributed by atoms with Gasteiger partial charge in [0, 0.05) is 7.11 Å². The lowest BCUT2D eigenvalue weighted by molar-refractivity contribution is 0.188. The maximum absolute atomic E-state index is 5.17. The van der Waals surface area contributed by atoms with Crippen LogP contribution >= 0.6 is 7.57 Å². The smallest absolute Gasteiger partial charge is 0.250 e. The summed E-state index contributed by atoms with van der Waals surface area (Å²) in [5.41, 5.74) is 0. The van der Waals surface area contributed by atoms with Gasteiger partial charge in [-0.3, -0.25) is 0 Å². The fraction of sp³-hybridized carbons (Fsp3) is 0.833. The zero-order valence-corrected chi connectivity index (χ0v) is 7.69. The molecule has 0 bridgehead atoms. The van der Waals surface area contributed by atoms with Gasteiger partial charge in [0.25, 0.3) is 0 Å². The lowest BCUT2D eigenvalue weighted by Crippen LogP contribution is -1.97. The molecule has 0 aromatic heterocycles. The zero-order valence-electron chi connectivity index (χ0n) is 6.79. The van der Waals surface area contributed by atoms with Gasteiger partial charge >= 0.3 is 0 Å². The highest BCUT2D eigenvalue weighted by Crippen LogP contribution is 2.47. The summed E-state index contributed by atoms with van der Waals surface area (Å²) in [6.07, 6.45) is 3.71. The molecule has 0 rings (SSSR count). The quantitative estimate of drug-likeness (QED) is 0.584. The number of rotatable bonds is 5. The summed E-state index contributed by atoms with van der Waals surface area (Å²) in [5, 5.41) is 0. The molecule has 0 aromatic rings. The maximum Gasteiger partial charge on any atom is 0.250 e. The highest BCUT2D eigenvalue weighted by Gasteiger charge is 2.11. The van der Waals surface area contributed by atoms with Gasteiger partial charge in [-0.05, 0) is 20.1 Å². The van der Waals surface area contributed by atoms with Crippen LogP contribution in [0.1, 0.15) is 13.8 Å². The van der Waals surface area contributed by atoms with Crippen LogP contribution in [0.2, 0.25) is 0 Å². The van der Waals surface area contributed by atoms with E-state index in [0.29, 0.717) is 13.2 Å². The van der Waals surface area contributed by atoms with E-state index < -0.39 is 7.57 Å². The molecule has 0 radical (unpaired) electrons. The van der Waals surface area contributed by atoms with Gasteiger partial charge in [-0.2, -0.15) is 0 Å². The van der Waals surface area contributed by atoms with Crippen molar-refractivity contribution < 1.29 is 13.6 Å². The van der Waals surface area contributed by atoms with Gasteiger partial charge in [0.1, 0.15) is 0 Å². The molecule has 0 heterocycles. The Morgan fingerprint density at radius 1 is 1.20 bits per heavy atom. The third-order valence-electron chi connectivity index (χ3n) is 0.930. The van der Waals surface area contributed by atoms with Crippen molar-refractivity contribution in [1.29, 1.82) is 0 Å². The Morgan fingerprint density at radius 2 is 1.60 bits per heavy atom. The van der Waals surface area contributed by atoms with E-state index in [1.807, 2.05) is 13.8 Å². The van der Waals surface area contributed by atoms with Crippen molar-refractivity contribution in [2.45, 2.75) is 13.8 Å². The minimum atomic E-state index is -2.20. The molecular formula is C6H15O3P. The summed E-state index contributed by atoms with van der Waals surface area (Å²) in [6.45, 7) is 4.92. The van der Waals surface area contributed by atoms with E-state index in [4.69, 9.17) is 13.6 Å². The SMILES string of the molecule is C=P(OC)(OCC)OCC. The average Bonchev–Trinajstić information content (AvgIpc) is 1.89. The van der Waals surface area contributed by atoms with Crippen molar-refractivity contribution in [3.8, 4) is 0 Å². The fourth-order valence-electron chi connectivity index (χ4n) is 0.536. The predicted molar refractivity (Wildman–Crippen MR) is 44.3 cm³/mol. The second-order valence-corrected chi connectivity index (χ2v) is 3.73. The molecular weight excluding hydrogens is 151 g/mol. The Bertz CT molecular complexity index is 114. The molecule has 62 valence electrons. The molecule has 0 fully saturated rings. The minimum absolute atomic E-state index is 0.575. The highest BCUT2D eigenvalue weighted by atomic mass is 31.2. The summed E-state index contributed by atoms with van der Waals surface area (Å²) in [5.74, 6) is 0. The topological polar surface area (TPSA) is 27.7 Å². The van der Waals surface area contributed by atoms with Crippen molar-refractivity contribution in [3.05, 3.63) is 0 Å². The standard InChI is InChI=1S/C6H15O3P/c1-5-8-10(4,7-3)9-6-2/h4-6H2,1-3H3. The van der Waals surface area contributed by atoms with Crippen LogP contribution in [0, 0.1) is 0 Å². The van der Waals surface area contributed by atoms with Crippen LogP contribution in [0.4, 0.5) is 0 Å². The summed E-state index contributed by atoms with van der Waals surface area (Å²) < 4.78 is 15.3. The van der Waals surface area contributed by atoms with Crippen LogP contribution in [0.3, 0.4) is 0 Å². The Hall–Kier alpha value is 0.180. The molecule has 0 aliphatic carbocycles. The molecule has 0 saturated carbocycles. The molecule has 0 amide bonds. The van der Waals surface area contributed by atoms with E-state index in [-0.39, 0.29) is 0 Å². The van der Waals surface area contributed by atoms with E-state index in [1.54, 1.807) is 7.11 Å². The van der Waals surface area contributed by atoms with Crippen molar-refractivity contribution in [1.82, 2.24) is 0 Å². The van der Waals surface area contributed by atoms with Crippen molar-refractivity contribution in [2.75, 3.05) is 20.3 Å². The van der Waals surface area contributed by atoms with Crippen LogP contribution < -0.4 is 0 Å².